The molecule has 0 radical (unpaired) electrons. The summed E-state index contributed by atoms with van der Waals surface area (Å²) in [7, 11) is 0. The molecule has 1 N–H and O–H groups in total. The lowest BCUT2D eigenvalue weighted by Crippen LogP contribution is -2.24. The van der Waals surface area contributed by atoms with Crippen LogP contribution in [0.2, 0.25) is 0 Å². The summed E-state index contributed by atoms with van der Waals surface area (Å²) in [6.45, 7) is 2.68. The molecule has 1 fully saturated rings. The van der Waals surface area contributed by atoms with Gasteiger partial charge in [-0.2, -0.15) is 0 Å². The van der Waals surface area contributed by atoms with E-state index in [0.29, 0.717) is 5.92 Å². The molecule has 2 atom stereocenters. The van der Waals surface area contributed by atoms with Crippen molar-refractivity contribution in [2.45, 2.75) is 19.3 Å². The van der Waals surface area contributed by atoms with Crippen LogP contribution in [-0.4, -0.2) is 12.5 Å². The van der Waals surface area contributed by atoms with Crippen molar-refractivity contribution in [3.05, 3.63) is 34.3 Å². The standard InChI is InChI=1S/C12H14BrNO/c1-2-14-12(15)11-7-10(11)8-4-3-5-9(13)6-8/h3-6,10-11H,2,7H2,1H3,(H,14,15)/t10-,11-/m1/s1. The highest BCUT2D eigenvalue weighted by Gasteiger charge is 2.43. The SMILES string of the molecule is CCNC(=O)[C@@H]1C[C@@H]1c1cccc(Br)c1. The van der Waals surface area contributed by atoms with Gasteiger partial charge in [-0.3, -0.25) is 4.79 Å². The molecule has 0 saturated heterocycles. The molecular formula is C12H14BrNO. The molecule has 0 spiro atoms. The van der Waals surface area contributed by atoms with Crippen molar-refractivity contribution in [2.75, 3.05) is 6.54 Å². The van der Waals surface area contributed by atoms with Crippen molar-refractivity contribution in [1.82, 2.24) is 5.32 Å². The molecule has 0 aromatic heterocycles. The number of carbonyl (C=O) groups is 1. The number of hydrogen-bond acceptors (Lipinski definition) is 1. The van der Waals surface area contributed by atoms with Gasteiger partial charge in [-0.15, -0.1) is 0 Å². The van der Waals surface area contributed by atoms with E-state index in [1.165, 1.54) is 5.56 Å². The zero-order chi connectivity index (χ0) is 10.8. The average molecular weight is 268 g/mol. The summed E-state index contributed by atoms with van der Waals surface area (Å²) in [6, 6.07) is 8.22. The van der Waals surface area contributed by atoms with Crippen molar-refractivity contribution in [3.63, 3.8) is 0 Å². The van der Waals surface area contributed by atoms with E-state index in [4.69, 9.17) is 0 Å². The normalized spacial score (nSPS) is 23.6. The van der Waals surface area contributed by atoms with Crippen molar-refractivity contribution in [2.24, 2.45) is 5.92 Å². The summed E-state index contributed by atoms with van der Waals surface area (Å²) in [5.74, 6) is 0.816. The molecule has 1 saturated carbocycles. The lowest BCUT2D eigenvalue weighted by atomic mass is 10.1. The minimum absolute atomic E-state index is 0.194. The van der Waals surface area contributed by atoms with Gasteiger partial charge in [0, 0.05) is 16.9 Å². The Kier molecular flexibility index (Phi) is 3.10. The van der Waals surface area contributed by atoms with Gasteiger partial charge >= 0.3 is 0 Å². The fraction of sp³-hybridized carbons (Fsp3) is 0.417. The van der Waals surface area contributed by atoms with Crippen molar-refractivity contribution in [3.8, 4) is 0 Å². The molecule has 80 valence electrons. The largest absolute Gasteiger partial charge is 0.356 e. The fourth-order valence-electron chi connectivity index (χ4n) is 1.90. The number of halogens is 1. The monoisotopic (exact) mass is 267 g/mol. The van der Waals surface area contributed by atoms with Gasteiger partial charge in [0.15, 0.2) is 0 Å². The minimum atomic E-state index is 0.194. The van der Waals surface area contributed by atoms with Gasteiger partial charge in [0.2, 0.25) is 5.91 Å². The minimum Gasteiger partial charge on any atom is -0.356 e. The number of carbonyl (C=O) groups excluding carboxylic acids is 1. The highest BCUT2D eigenvalue weighted by atomic mass is 79.9. The van der Waals surface area contributed by atoms with E-state index in [2.05, 4.69) is 33.4 Å². The number of nitrogens with one attached hydrogen (secondary N) is 1. The third kappa shape index (κ3) is 2.40. The van der Waals surface area contributed by atoms with E-state index in [0.717, 1.165) is 17.4 Å². The van der Waals surface area contributed by atoms with Gasteiger partial charge in [0.25, 0.3) is 0 Å². The van der Waals surface area contributed by atoms with Crippen LogP contribution in [-0.2, 0) is 4.79 Å². The van der Waals surface area contributed by atoms with E-state index in [-0.39, 0.29) is 11.8 Å². The molecule has 1 aliphatic carbocycles. The van der Waals surface area contributed by atoms with Crippen LogP contribution in [0.1, 0.15) is 24.8 Å². The van der Waals surface area contributed by atoms with Gasteiger partial charge in [-0.05, 0) is 37.0 Å². The fourth-order valence-corrected chi connectivity index (χ4v) is 2.31. The van der Waals surface area contributed by atoms with Gasteiger partial charge in [0.05, 0.1) is 0 Å². The molecule has 1 aliphatic rings. The Balaban J connectivity index is 2.01. The first-order chi connectivity index (χ1) is 7.22. The third-order valence-electron chi connectivity index (χ3n) is 2.76. The topological polar surface area (TPSA) is 29.1 Å². The molecule has 2 nitrogen and oxygen atoms in total. The van der Waals surface area contributed by atoms with Crippen LogP contribution >= 0.6 is 15.9 Å². The number of rotatable bonds is 3. The first-order valence-corrected chi connectivity index (χ1v) is 6.05. The van der Waals surface area contributed by atoms with Crippen LogP contribution in [0.15, 0.2) is 28.7 Å². The lowest BCUT2D eigenvalue weighted by Gasteiger charge is -2.02. The molecule has 3 heteroatoms. The Morgan fingerprint density at radius 1 is 1.60 bits per heavy atom. The molecule has 1 aromatic rings. The first-order valence-electron chi connectivity index (χ1n) is 5.25. The van der Waals surface area contributed by atoms with E-state index in [9.17, 15) is 4.79 Å². The summed E-state index contributed by atoms with van der Waals surface area (Å²) in [4.78, 5) is 11.6. The molecular weight excluding hydrogens is 254 g/mol. The first kappa shape index (κ1) is 10.7. The van der Waals surface area contributed by atoms with Gasteiger partial charge in [0.1, 0.15) is 0 Å². The molecule has 0 heterocycles. The van der Waals surface area contributed by atoms with Gasteiger partial charge in [-0.1, -0.05) is 28.1 Å². The number of benzene rings is 1. The van der Waals surface area contributed by atoms with Crippen molar-refractivity contribution < 1.29 is 4.79 Å². The Hall–Kier alpha value is -0.830. The van der Waals surface area contributed by atoms with Crippen LogP contribution in [0.4, 0.5) is 0 Å². The second kappa shape index (κ2) is 4.35. The number of hydrogen-bond donors (Lipinski definition) is 1. The van der Waals surface area contributed by atoms with Crippen LogP contribution in [0, 0.1) is 5.92 Å². The van der Waals surface area contributed by atoms with Crippen molar-refractivity contribution >= 4 is 21.8 Å². The van der Waals surface area contributed by atoms with E-state index in [1.54, 1.807) is 0 Å². The Bertz CT molecular complexity index is 378. The second-order valence-corrected chi connectivity index (χ2v) is 4.81. The zero-order valence-electron chi connectivity index (χ0n) is 8.66. The van der Waals surface area contributed by atoms with E-state index >= 15 is 0 Å². The predicted octanol–water partition coefficient (Wildman–Crippen LogP) is 2.69. The summed E-state index contributed by atoms with van der Waals surface area (Å²) < 4.78 is 1.08. The molecule has 15 heavy (non-hydrogen) atoms. The zero-order valence-corrected chi connectivity index (χ0v) is 10.3. The quantitative estimate of drug-likeness (QED) is 0.897. The highest BCUT2D eigenvalue weighted by molar-refractivity contribution is 9.10. The summed E-state index contributed by atoms with van der Waals surface area (Å²) >= 11 is 3.45. The van der Waals surface area contributed by atoms with Crippen LogP contribution in [0.25, 0.3) is 0 Å². The van der Waals surface area contributed by atoms with Crippen molar-refractivity contribution in [1.29, 1.82) is 0 Å². The smallest absolute Gasteiger partial charge is 0.223 e. The maximum atomic E-state index is 11.6. The molecule has 1 aromatic carbocycles. The number of amides is 1. The second-order valence-electron chi connectivity index (χ2n) is 3.90. The Morgan fingerprint density at radius 2 is 2.40 bits per heavy atom. The van der Waals surface area contributed by atoms with Crippen LogP contribution < -0.4 is 5.32 Å². The summed E-state index contributed by atoms with van der Waals surface area (Å²) in [6.07, 6.45) is 0.988. The maximum absolute atomic E-state index is 11.6. The van der Waals surface area contributed by atoms with Crippen LogP contribution in [0.5, 0.6) is 0 Å². The molecule has 0 bridgehead atoms. The molecule has 1 amide bonds. The van der Waals surface area contributed by atoms with E-state index in [1.807, 2.05) is 19.1 Å². The van der Waals surface area contributed by atoms with Crippen LogP contribution in [0.3, 0.4) is 0 Å². The predicted molar refractivity (Wildman–Crippen MR) is 63.7 cm³/mol. The Labute approximate surface area is 98.2 Å². The molecule has 0 unspecified atom stereocenters. The third-order valence-corrected chi connectivity index (χ3v) is 3.25. The maximum Gasteiger partial charge on any atom is 0.223 e. The summed E-state index contributed by atoms with van der Waals surface area (Å²) in [5, 5.41) is 2.87. The van der Waals surface area contributed by atoms with Gasteiger partial charge in [-0.25, -0.2) is 0 Å². The summed E-state index contributed by atoms with van der Waals surface area (Å²) in [5.41, 5.74) is 1.26. The molecule has 0 aliphatic heterocycles. The Morgan fingerprint density at radius 3 is 3.07 bits per heavy atom. The average Bonchev–Trinajstić information content (AvgIpc) is 2.97. The lowest BCUT2D eigenvalue weighted by molar-refractivity contribution is -0.122. The molecule has 2 rings (SSSR count). The highest BCUT2D eigenvalue weighted by Crippen LogP contribution is 2.47. The van der Waals surface area contributed by atoms with Gasteiger partial charge < -0.3 is 5.32 Å². The van der Waals surface area contributed by atoms with E-state index < -0.39 is 0 Å².